The zero-order valence-electron chi connectivity index (χ0n) is 19.2. The van der Waals surface area contributed by atoms with Crippen molar-refractivity contribution in [2.75, 3.05) is 0 Å². The first kappa shape index (κ1) is 21.1. The van der Waals surface area contributed by atoms with Gasteiger partial charge in [-0.2, -0.15) is 0 Å². The lowest BCUT2D eigenvalue weighted by atomic mass is 9.73. The van der Waals surface area contributed by atoms with E-state index < -0.39 is 0 Å². The van der Waals surface area contributed by atoms with Crippen LogP contribution in [0, 0.1) is 0 Å². The van der Waals surface area contributed by atoms with Gasteiger partial charge in [-0.3, -0.25) is 0 Å². The first-order valence-corrected chi connectivity index (χ1v) is 12.2. The molecule has 2 radical (unpaired) electrons. The predicted octanol–water partition coefficient (Wildman–Crippen LogP) is 7.89. The zero-order valence-corrected chi connectivity index (χ0v) is 20.2. The Bertz CT molecular complexity index is 901. The zero-order chi connectivity index (χ0) is 20.9. The largest absolute Gasteiger partial charge is 0.0796 e. The minimum atomic E-state index is 0.122. The van der Waals surface area contributed by atoms with Crippen molar-refractivity contribution < 1.29 is 0 Å². The SMILES string of the molecule is C[Si]C1C=Cc2c(-c3cc(C(C)(C)C)cc(C(C)(C)C)c3C(C)C)cccc21. The van der Waals surface area contributed by atoms with Crippen molar-refractivity contribution in [2.24, 2.45) is 0 Å². The van der Waals surface area contributed by atoms with E-state index >= 15 is 0 Å². The van der Waals surface area contributed by atoms with Crippen molar-refractivity contribution in [3.05, 3.63) is 64.2 Å². The molecule has 148 valence electrons. The van der Waals surface area contributed by atoms with E-state index in [9.17, 15) is 0 Å². The van der Waals surface area contributed by atoms with E-state index in [0.717, 1.165) is 9.52 Å². The van der Waals surface area contributed by atoms with E-state index in [1.54, 1.807) is 0 Å². The topological polar surface area (TPSA) is 0 Å². The molecule has 0 nitrogen and oxygen atoms in total. The summed E-state index contributed by atoms with van der Waals surface area (Å²) >= 11 is 0. The van der Waals surface area contributed by atoms with E-state index in [0.29, 0.717) is 11.5 Å². The molecule has 0 spiro atoms. The molecule has 0 saturated heterocycles. The third-order valence-corrected chi connectivity index (χ3v) is 7.09. The minimum Gasteiger partial charge on any atom is -0.0796 e. The van der Waals surface area contributed by atoms with Crippen LogP contribution in [0.2, 0.25) is 6.55 Å². The monoisotopic (exact) mass is 388 g/mol. The molecule has 2 aromatic rings. The number of hydrogen-bond acceptors (Lipinski definition) is 0. The third kappa shape index (κ3) is 3.79. The van der Waals surface area contributed by atoms with Crippen LogP contribution in [-0.4, -0.2) is 9.52 Å². The van der Waals surface area contributed by atoms with E-state index in [1.807, 2.05) is 0 Å². The molecule has 0 heterocycles. The van der Waals surface area contributed by atoms with Crippen molar-refractivity contribution in [1.29, 1.82) is 0 Å². The molecule has 1 atom stereocenters. The van der Waals surface area contributed by atoms with Crippen molar-refractivity contribution in [3.63, 3.8) is 0 Å². The Kier molecular flexibility index (Phi) is 5.53. The fraction of sp³-hybridized carbons (Fsp3) is 0.481. The van der Waals surface area contributed by atoms with Gasteiger partial charge in [0.25, 0.3) is 0 Å². The summed E-state index contributed by atoms with van der Waals surface area (Å²) in [4.78, 5) is 0. The fourth-order valence-electron chi connectivity index (χ4n) is 4.37. The van der Waals surface area contributed by atoms with Gasteiger partial charge in [0, 0.05) is 9.52 Å². The lowest BCUT2D eigenvalue weighted by Gasteiger charge is -2.32. The maximum Gasteiger partial charge on any atom is 0.0492 e. The minimum absolute atomic E-state index is 0.122. The molecule has 0 bridgehead atoms. The van der Waals surface area contributed by atoms with Crippen molar-refractivity contribution >= 4 is 15.6 Å². The quantitative estimate of drug-likeness (QED) is 0.469. The van der Waals surface area contributed by atoms with Crippen LogP contribution < -0.4 is 0 Å². The summed E-state index contributed by atoms with van der Waals surface area (Å²) < 4.78 is 0. The molecule has 1 aliphatic rings. The highest BCUT2D eigenvalue weighted by Crippen LogP contribution is 2.44. The summed E-state index contributed by atoms with van der Waals surface area (Å²) in [6.07, 6.45) is 4.77. The smallest absolute Gasteiger partial charge is 0.0492 e. The van der Waals surface area contributed by atoms with Crippen LogP contribution in [0.5, 0.6) is 0 Å². The number of fused-ring (bicyclic) bond motifs is 1. The summed E-state index contributed by atoms with van der Waals surface area (Å²) in [6, 6.07) is 11.9. The molecule has 0 N–H and O–H groups in total. The van der Waals surface area contributed by atoms with Gasteiger partial charge in [-0.05, 0) is 61.2 Å². The third-order valence-electron chi connectivity index (χ3n) is 5.96. The van der Waals surface area contributed by atoms with Gasteiger partial charge in [-0.25, -0.2) is 0 Å². The average Bonchev–Trinajstić information content (AvgIpc) is 3.02. The average molecular weight is 389 g/mol. The van der Waals surface area contributed by atoms with Crippen LogP contribution in [0.15, 0.2) is 36.4 Å². The molecular formula is C27H36Si. The first-order valence-electron chi connectivity index (χ1n) is 10.6. The van der Waals surface area contributed by atoms with Crippen molar-refractivity contribution in [3.8, 4) is 11.1 Å². The van der Waals surface area contributed by atoms with Gasteiger partial charge < -0.3 is 0 Å². The molecule has 28 heavy (non-hydrogen) atoms. The molecule has 1 heteroatoms. The molecule has 2 aromatic carbocycles. The standard InChI is InChI=1S/C27H36Si/c1-17(2)25-22(15-18(26(3,4)5)16-23(25)27(6,7)8)19-11-10-12-21-20(19)13-14-24(21)28-9/h10-17,24H,1-9H3. The van der Waals surface area contributed by atoms with Crippen LogP contribution in [0.25, 0.3) is 17.2 Å². The Balaban J connectivity index is 2.39. The predicted molar refractivity (Wildman–Crippen MR) is 127 cm³/mol. The van der Waals surface area contributed by atoms with Gasteiger partial charge in [0.05, 0.1) is 0 Å². The summed E-state index contributed by atoms with van der Waals surface area (Å²) in [7, 11) is 0.915. The number of benzene rings is 2. The summed E-state index contributed by atoms with van der Waals surface area (Å²) in [5, 5.41) is 0. The number of allylic oxidation sites excluding steroid dienone is 1. The summed E-state index contributed by atoms with van der Waals surface area (Å²) in [5.74, 6) is 0.489. The van der Waals surface area contributed by atoms with Gasteiger partial charge in [-0.1, -0.05) is 104 Å². The Morgan fingerprint density at radius 1 is 0.893 bits per heavy atom. The van der Waals surface area contributed by atoms with Gasteiger partial charge in [0.15, 0.2) is 0 Å². The summed E-state index contributed by atoms with van der Waals surface area (Å²) in [6.45, 7) is 21.1. The second kappa shape index (κ2) is 7.33. The Morgan fingerprint density at radius 2 is 1.57 bits per heavy atom. The van der Waals surface area contributed by atoms with Gasteiger partial charge in [0.2, 0.25) is 0 Å². The second-order valence-electron chi connectivity index (χ2n) is 10.6. The van der Waals surface area contributed by atoms with E-state index in [-0.39, 0.29) is 10.8 Å². The van der Waals surface area contributed by atoms with Crippen molar-refractivity contribution in [2.45, 2.75) is 84.2 Å². The summed E-state index contributed by atoms with van der Waals surface area (Å²) in [5.41, 5.74) is 11.1. The number of rotatable bonds is 3. The highest BCUT2D eigenvalue weighted by atomic mass is 28.2. The number of hydrogen-bond donors (Lipinski definition) is 0. The van der Waals surface area contributed by atoms with E-state index in [2.05, 4.69) is 104 Å². The fourth-order valence-corrected chi connectivity index (χ4v) is 5.23. The van der Waals surface area contributed by atoms with Crippen LogP contribution in [-0.2, 0) is 10.8 Å². The molecule has 1 unspecified atom stereocenters. The molecule has 1 aliphatic carbocycles. The molecule has 0 aromatic heterocycles. The Hall–Kier alpha value is -1.60. The Labute approximate surface area is 175 Å². The van der Waals surface area contributed by atoms with Crippen molar-refractivity contribution in [1.82, 2.24) is 0 Å². The molecule has 0 aliphatic heterocycles. The molecule has 0 amide bonds. The maximum atomic E-state index is 2.48. The van der Waals surface area contributed by atoms with Gasteiger partial charge in [-0.15, -0.1) is 0 Å². The molecule has 0 fully saturated rings. The van der Waals surface area contributed by atoms with Crippen LogP contribution in [0.4, 0.5) is 0 Å². The first-order chi connectivity index (χ1) is 12.9. The van der Waals surface area contributed by atoms with Crippen LogP contribution >= 0.6 is 0 Å². The normalized spacial score (nSPS) is 16.7. The van der Waals surface area contributed by atoms with Gasteiger partial charge >= 0.3 is 0 Å². The van der Waals surface area contributed by atoms with Crippen LogP contribution in [0.1, 0.15) is 94.7 Å². The van der Waals surface area contributed by atoms with E-state index in [1.165, 1.54) is 38.9 Å². The molecule has 0 saturated carbocycles. The lowest BCUT2D eigenvalue weighted by molar-refractivity contribution is 0.560. The Morgan fingerprint density at radius 3 is 2.11 bits per heavy atom. The lowest BCUT2D eigenvalue weighted by Crippen LogP contribution is -2.20. The molecule has 3 rings (SSSR count). The van der Waals surface area contributed by atoms with E-state index in [4.69, 9.17) is 0 Å². The molecular weight excluding hydrogens is 352 g/mol. The maximum absolute atomic E-state index is 2.48. The highest BCUT2D eigenvalue weighted by molar-refractivity contribution is 6.37. The van der Waals surface area contributed by atoms with Gasteiger partial charge in [0.1, 0.15) is 0 Å². The van der Waals surface area contributed by atoms with Crippen LogP contribution in [0.3, 0.4) is 0 Å². The highest BCUT2D eigenvalue weighted by Gasteiger charge is 2.28. The second-order valence-corrected chi connectivity index (χ2v) is 11.8.